The molecule has 0 atom stereocenters. The molecule has 208 valence electrons. The maximum atomic E-state index is 12.5. The summed E-state index contributed by atoms with van der Waals surface area (Å²) in [6.07, 6.45) is 5.32. The van der Waals surface area contributed by atoms with Gasteiger partial charge in [-0.3, -0.25) is 4.79 Å². The predicted molar refractivity (Wildman–Crippen MR) is 156 cm³/mol. The minimum atomic E-state index is -0.0662. The Bertz CT molecular complexity index is 1470. The number of hydrogen-bond acceptors (Lipinski definition) is 8. The van der Waals surface area contributed by atoms with E-state index in [1.54, 1.807) is 26.4 Å². The van der Waals surface area contributed by atoms with Crippen LogP contribution < -0.4 is 24.8 Å². The Morgan fingerprint density at radius 2 is 1.65 bits per heavy atom. The molecule has 1 aliphatic rings. The van der Waals surface area contributed by atoms with Gasteiger partial charge in [0.1, 0.15) is 23.6 Å². The van der Waals surface area contributed by atoms with Gasteiger partial charge in [-0.15, -0.1) is 0 Å². The summed E-state index contributed by atoms with van der Waals surface area (Å²) in [7, 11) is 3.20. The van der Waals surface area contributed by atoms with Crippen molar-refractivity contribution in [1.29, 1.82) is 0 Å². The first kappa shape index (κ1) is 27.2. The maximum Gasteiger partial charge on any atom is 0.251 e. The Morgan fingerprint density at radius 1 is 0.900 bits per heavy atom. The van der Waals surface area contributed by atoms with E-state index in [1.165, 1.54) is 25.6 Å². The number of carbonyl (C=O) groups is 1. The first-order chi connectivity index (χ1) is 19.5. The van der Waals surface area contributed by atoms with E-state index in [1.807, 2.05) is 49.4 Å². The highest BCUT2D eigenvalue weighted by Crippen LogP contribution is 2.35. The highest BCUT2D eigenvalue weighted by Gasteiger charge is 2.13. The molecule has 2 heterocycles. The van der Waals surface area contributed by atoms with E-state index in [2.05, 4.69) is 25.5 Å². The standard InChI is InChI=1S/C31H35N5O4/c1-21-17-23(35-30-25-18-28(38-2)29(39-3)19-26(25)33-20-34-30)9-12-27(21)40-24-10-7-22(8-11-24)31(37)32-13-16-36-14-5-4-6-15-36/h7-12,17-20H,4-6,13-16H2,1-3H3,(H,32,37)(H,33,34,35). The number of piperidine rings is 1. The van der Waals surface area contributed by atoms with E-state index in [9.17, 15) is 4.79 Å². The minimum Gasteiger partial charge on any atom is -0.493 e. The highest BCUT2D eigenvalue weighted by atomic mass is 16.5. The van der Waals surface area contributed by atoms with Crippen LogP contribution in [-0.4, -0.2) is 61.2 Å². The van der Waals surface area contributed by atoms with E-state index < -0.39 is 0 Å². The molecule has 0 spiro atoms. The van der Waals surface area contributed by atoms with Crippen molar-refractivity contribution >= 4 is 28.3 Å². The lowest BCUT2D eigenvalue weighted by Crippen LogP contribution is -2.37. The molecular weight excluding hydrogens is 506 g/mol. The zero-order chi connectivity index (χ0) is 27.9. The van der Waals surface area contributed by atoms with Crippen molar-refractivity contribution in [1.82, 2.24) is 20.2 Å². The number of rotatable bonds is 10. The summed E-state index contributed by atoms with van der Waals surface area (Å²) in [6.45, 7) is 5.79. The molecule has 9 nitrogen and oxygen atoms in total. The predicted octanol–water partition coefficient (Wildman–Crippen LogP) is 5.71. The largest absolute Gasteiger partial charge is 0.493 e. The number of anilines is 2. The van der Waals surface area contributed by atoms with Gasteiger partial charge in [0.2, 0.25) is 0 Å². The highest BCUT2D eigenvalue weighted by molar-refractivity contribution is 5.94. The van der Waals surface area contributed by atoms with Crippen LogP contribution in [0.3, 0.4) is 0 Å². The molecule has 0 radical (unpaired) electrons. The van der Waals surface area contributed by atoms with Gasteiger partial charge >= 0.3 is 0 Å². The molecule has 1 saturated heterocycles. The molecule has 0 saturated carbocycles. The van der Waals surface area contributed by atoms with E-state index in [0.717, 1.165) is 47.5 Å². The van der Waals surface area contributed by atoms with Crippen LogP contribution in [0.15, 0.2) is 60.9 Å². The second-order valence-electron chi connectivity index (χ2n) is 9.84. The van der Waals surface area contributed by atoms with Gasteiger partial charge in [-0.05, 0) is 86.9 Å². The van der Waals surface area contributed by atoms with Crippen LogP contribution >= 0.6 is 0 Å². The molecule has 1 aliphatic heterocycles. The van der Waals surface area contributed by atoms with Crippen molar-refractivity contribution in [2.45, 2.75) is 26.2 Å². The van der Waals surface area contributed by atoms with E-state index >= 15 is 0 Å². The topological polar surface area (TPSA) is 97.8 Å². The zero-order valence-corrected chi connectivity index (χ0v) is 23.2. The molecule has 0 unspecified atom stereocenters. The third kappa shape index (κ3) is 6.43. The Morgan fingerprint density at radius 3 is 2.38 bits per heavy atom. The quantitative estimate of drug-likeness (QED) is 0.264. The van der Waals surface area contributed by atoms with Crippen LogP contribution in [0.2, 0.25) is 0 Å². The smallest absolute Gasteiger partial charge is 0.251 e. The average Bonchev–Trinajstić information content (AvgIpc) is 2.99. The molecule has 9 heteroatoms. The van der Waals surface area contributed by atoms with Gasteiger partial charge in [-0.25, -0.2) is 9.97 Å². The lowest BCUT2D eigenvalue weighted by molar-refractivity contribution is 0.0946. The lowest BCUT2D eigenvalue weighted by atomic mass is 10.1. The van der Waals surface area contributed by atoms with Crippen LogP contribution in [0.25, 0.3) is 10.9 Å². The Hall–Kier alpha value is -4.37. The fourth-order valence-corrected chi connectivity index (χ4v) is 4.88. The van der Waals surface area contributed by atoms with Crippen LogP contribution in [-0.2, 0) is 0 Å². The summed E-state index contributed by atoms with van der Waals surface area (Å²) < 4.78 is 17.0. The second kappa shape index (κ2) is 12.7. The molecule has 0 aliphatic carbocycles. The second-order valence-corrected chi connectivity index (χ2v) is 9.84. The number of ether oxygens (including phenoxy) is 3. The first-order valence-corrected chi connectivity index (χ1v) is 13.6. The van der Waals surface area contributed by atoms with Crippen molar-refractivity contribution in [3.63, 3.8) is 0 Å². The van der Waals surface area contributed by atoms with Crippen LogP contribution in [0.1, 0.15) is 35.2 Å². The molecule has 5 rings (SSSR count). The van der Waals surface area contributed by atoms with Gasteiger partial charge in [0, 0.05) is 35.8 Å². The van der Waals surface area contributed by atoms with Gasteiger partial charge in [-0.1, -0.05) is 6.42 Å². The third-order valence-electron chi connectivity index (χ3n) is 7.08. The molecule has 1 amide bonds. The number of hydrogen-bond donors (Lipinski definition) is 2. The molecule has 1 aromatic heterocycles. The number of carbonyl (C=O) groups excluding carboxylic acids is 1. The van der Waals surface area contributed by atoms with Crippen molar-refractivity contribution in [3.8, 4) is 23.0 Å². The number of amides is 1. The van der Waals surface area contributed by atoms with Crippen LogP contribution in [0, 0.1) is 6.92 Å². The number of likely N-dealkylation sites (tertiary alicyclic amines) is 1. The summed E-state index contributed by atoms with van der Waals surface area (Å²) >= 11 is 0. The van der Waals surface area contributed by atoms with Crippen LogP contribution in [0.5, 0.6) is 23.0 Å². The first-order valence-electron chi connectivity index (χ1n) is 13.6. The summed E-state index contributed by atoms with van der Waals surface area (Å²) in [5.41, 5.74) is 3.16. The number of aryl methyl sites for hydroxylation is 1. The molecule has 40 heavy (non-hydrogen) atoms. The molecule has 0 bridgehead atoms. The average molecular weight is 542 g/mol. The van der Waals surface area contributed by atoms with E-state index in [0.29, 0.717) is 35.2 Å². The minimum absolute atomic E-state index is 0.0662. The van der Waals surface area contributed by atoms with Gasteiger partial charge < -0.3 is 29.7 Å². The molecule has 1 fully saturated rings. The van der Waals surface area contributed by atoms with Crippen molar-refractivity contribution in [2.75, 3.05) is 45.7 Å². The van der Waals surface area contributed by atoms with Gasteiger partial charge in [0.05, 0.1) is 19.7 Å². The summed E-state index contributed by atoms with van der Waals surface area (Å²) in [5, 5.41) is 7.21. The summed E-state index contributed by atoms with van der Waals surface area (Å²) in [4.78, 5) is 23.8. The van der Waals surface area contributed by atoms with E-state index in [-0.39, 0.29) is 5.91 Å². The number of aromatic nitrogens is 2. The molecule has 2 N–H and O–H groups in total. The number of methoxy groups -OCH3 is 2. The number of nitrogens with one attached hydrogen (secondary N) is 2. The Balaban J connectivity index is 1.21. The Kier molecular flexibility index (Phi) is 8.61. The fourth-order valence-electron chi connectivity index (χ4n) is 4.88. The monoisotopic (exact) mass is 541 g/mol. The van der Waals surface area contributed by atoms with Crippen molar-refractivity contribution < 1.29 is 19.0 Å². The lowest BCUT2D eigenvalue weighted by Gasteiger charge is -2.26. The Labute approximate surface area is 234 Å². The third-order valence-corrected chi connectivity index (χ3v) is 7.08. The van der Waals surface area contributed by atoms with Crippen molar-refractivity contribution in [3.05, 3.63) is 72.1 Å². The summed E-state index contributed by atoms with van der Waals surface area (Å²) in [5.74, 6) is 3.19. The van der Waals surface area contributed by atoms with Crippen molar-refractivity contribution in [2.24, 2.45) is 0 Å². The van der Waals surface area contributed by atoms with Gasteiger partial charge in [0.25, 0.3) is 5.91 Å². The maximum absolute atomic E-state index is 12.5. The summed E-state index contributed by atoms with van der Waals surface area (Å²) in [6, 6.07) is 16.7. The molecular formula is C31H35N5O4. The zero-order valence-electron chi connectivity index (χ0n) is 23.2. The number of fused-ring (bicyclic) bond motifs is 1. The molecule has 4 aromatic rings. The van der Waals surface area contributed by atoms with Gasteiger partial charge in [0.15, 0.2) is 11.5 Å². The normalized spacial score (nSPS) is 13.6. The number of nitrogens with zero attached hydrogens (tertiary/aromatic N) is 3. The number of benzene rings is 3. The van der Waals surface area contributed by atoms with Crippen LogP contribution in [0.4, 0.5) is 11.5 Å². The van der Waals surface area contributed by atoms with E-state index in [4.69, 9.17) is 14.2 Å². The fraction of sp³-hybridized carbons (Fsp3) is 0.323. The van der Waals surface area contributed by atoms with Gasteiger partial charge in [-0.2, -0.15) is 0 Å². The molecule has 3 aromatic carbocycles. The SMILES string of the molecule is COc1cc2ncnc(Nc3ccc(Oc4ccc(C(=O)NCCN5CCCCC5)cc4)c(C)c3)c2cc1OC.